The Hall–Kier alpha value is -1.55. The molecule has 0 aromatic heterocycles. The smallest absolute Gasteiger partial charge is 0.317 e. The predicted octanol–water partition coefficient (Wildman–Crippen LogP) is 1.96. The Kier molecular flexibility index (Phi) is 3.87. The van der Waals surface area contributed by atoms with Gasteiger partial charge in [0.2, 0.25) is 0 Å². The van der Waals surface area contributed by atoms with Crippen molar-refractivity contribution in [1.82, 2.24) is 4.90 Å². The molecule has 1 fully saturated rings. The highest BCUT2D eigenvalue weighted by molar-refractivity contribution is 5.69. The average Bonchev–Trinajstić information content (AvgIpc) is 2.70. The van der Waals surface area contributed by atoms with Crippen LogP contribution >= 0.6 is 0 Å². The van der Waals surface area contributed by atoms with E-state index in [1.807, 2.05) is 17.0 Å². The number of carbonyl (C=O) groups is 1. The van der Waals surface area contributed by atoms with E-state index in [1.165, 1.54) is 5.56 Å². The second-order valence-electron chi connectivity index (χ2n) is 4.88. The van der Waals surface area contributed by atoms with Gasteiger partial charge in [0.1, 0.15) is 5.75 Å². The van der Waals surface area contributed by atoms with Gasteiger partial charge in [0.05, 0.1) is 13.7 Å². The van der Waals surface area contributed by atoms with Crippen molar-refractivity contribution in [2.45, 2.75) is 25.3 Å². The molecule has 1 aliphatic heterocycles. The molecule has 0 unspecified atom stereocenters. The summed E-state index contributed by atoms with van der Waals surface area (Å²) in [6.45, 7) is 3.04. The van der Waals surface area contributed by atoms with Gasteiger partial charge in [0.25, 0.3) is 0 Å². The zero-order chi connectivity index (χ0) is 13.1. The fourth-order valence-corrected chi connectivity index (χ4v) is 2.61. The molecule has 18 heavy (non-hydrogen) atoms. The van der Waals surface area contributed by atoms with Crippen molar-refractivity contribution in [2.24, 2.45) is 0 Å². The summed E-state index contributed by atoms with van der Waals surface area (Å²) in [6, 6.07) is 8.38. The van der Waals surface area contributed by atoms with Crippen molar-refractivity contribution in [3.05, 3.63) is 29.8 Å². The van der Waals surface area contributed by atoms with Crippen LogP contribution in [0.5, 0.6) is 5.75 Å². The topological polar surface area (TPSA) is 49.8 Å². The van der Waals surface area contributed by atoms with Crippen LogP contribution in [-0.2, 0) is 4.79 Å². The normalized spacial score (nSPS) is 24.1. The average molecular weight is 249 g/mol. The highest BCUT2D eigenvalue weighted by Crippen LogP contribution is 2.32. The predicted molar refractivity (Wildman–Crippen MR) is 69.0 cm³/mol. The van der Waals surface area contributed by atoms with Crippen LogP contribution in [0.15, 0.2) is 24.3 Å². The van der Waals surface area contributed by atoms with Gasteiger partial charge in [-0.3, -0.25) is 9.69 Å². The van der Waals surface area contributed by atoms with E-state index in [9.17, 15) is 4.79 Å². The van der Waals surface area contributed by atoms with Crippen LogP contribution < -0.4 is 4.74 Å². The zero-order valence-electron chi connectivity index (χ0n) is 10.8. The minimum Gasteiger partial charge on any atom is -0.497 e. The number of benzene rings is 1. The summed E-state index contributed by atoms with van der Waals surface area (Å²) in [6.07, 6.45) is 1.01. The molecule has 0 aliphatic carbocycles. The third-order valence-electron chi connectivity index (χ3n) is 3.63. The molecule has 98 valence electrons. The van der Waals surface area contributed by atoms with Gasteiger partial charge in [-0.05, 0) is 37.0 Å². The number of rotatable bonds is 4. The molecular weight excluding hydrogens is 230 g/mol. The Bertz CT molecular complexity index is 416. The number of carboxylic acids is 1. The Morgan fingerprint density at radius 1 is 1.44 bits per heavy atom. The van der Waals surface area contributed by atoms with Crippen molar-refractivity contribution in [3.63, 3.8) is 0 Å². The van der Waals surface area contributed by atoms with Crippen molar-refractivity contribution >= 4 is 5.97 Å². The minimum atomic E-state index is -0.753. The maximum atomic E-state index is 10.8. The first-order chi connectivity index (χ1) is 8.60. The summed E-state index contributed by atoms with van der Waals surface area (Å²) in [5, 5.41) is 8.86. The van der Waals surface area contributed by atoms with Crippen LogP contribution in [0, 0.1) is 0 Å². The van der Waals surface area contributed by atoms with Crippen LogP contribution in [0.1, 0.15) is 24.8 Å². The van der Waals surface area contributed by atoms with Crippen LogP contribution in [0.2, 0.25) is 0 Å². The molecule has 0 bridgehead atoms. The zero-order valence-corrected chi connectivity index (χ0v) is 10.8. The summed E-state index contributed by atoms with van der Waals surface area (Å²) in [5.74, 6) is 0.523. The first kappa shape index (κ1) is 12.9. The van der Waals surface area contributed by atoms with E-state index in [4.69, 9.17) is 9.84 Å². The Morgan fingerprint density at radius 2 is 2.11 bits per heavy atom. The Labute approximate surface area is 107 Å². The summed E-state index contributed by atoms with van der Waals surface area (Å²) in [5.41, 5.74) is 1.26. The molecule has 2 atom stereocenters. The lowest BCUT2D eigenvalue weighted by Gasteiger charge is -2.17. The number of likely N-dealkylation sites (tertiary alicyclic amines) is 1. The molecule has 0 amide bonds. The molecule has 1 saturated heterocycles. The van der Waals surface area contributed by atoms with Gasteiger partial charge >= 0.3 is 5.97 Å². The first-order valence-corrected chi connectivity index (χ1v) is 6.20. The third kappa shape index (κ3) is 2.82. The molecule has 0 saturated carbocycles. The minimum absolute atomic E-state index is 0.133. The molecule has 1 aliphatic rings. The van der Waals surface area contributed by atoms with E-state index in [0.717, 1.165) is 18.7 Å². The van der Waals surface area contributed by atoms with E-state index < -0.39 is 5.97 Å². The number of carboxylic acid groups (broad SMARTS) is 1. The first-order valence-electron chi connectivity index (χ1n) is 6.20. The van der Waals surface area contributed by atoms with Gasteiger partial charge in [-0.2, -0.15) is 0 Å². The fourth-order valence-electron chi connectivity index (χ4n) is 2.61. The van der Waals surface area contributed by atoms with Gasteiger partial charge < -0.3 is 9.84 Å². The third-order valence-corrected chi connectivity index (χ3v) is 3.63. The summed E-state index contributed by atoms with van der Waals surface area (Å²) in [7, 11) is 1.65. The van der Waals surface area contributed by atoms with E-state index in [0.29, 0.717) is 12.0 Å². The van der Waals surface area contributed by atoms with Crippen molar-refractivity contribution in [3.8, 4) is 5.75 Å². The monoisotopic (exact) mass is 249 g/mol. The lowest BCUT2D eigenvalue weighted by Crippen LogP contribution is -2.32. The maximum absolute atomic E-state index is 10.8. The fraction of sp³-hybridized carbons (Fsp3) is 0.500. The molecule has 1 aromatic rings. The molecule has 1 N–H and O–H groups in total. The molecule has 0 spiro atoms. The molecule has 2 rings (SSSR count). The summed E-state index contributed by atoms with van der Waals surface area (Å²) < 4.78 is 5.14. The van der Waals surface area contributed by atoms with Crippen molar-refractivity contribution in [1.29, 1.82) is 0 Å². The molecule has 1 aromatic carbocycles. The lowest BCUT2D eigenvalue weighted by atomic mass is 9.97. The van der Waals surface area contributed by atoms with Gasteiger partial charge in [-0.25, -0.2) is 0 Å². The van der Waals surface area contributed by atoms with E-state index in [1.54, 1.807) is 7.11 Å². The Morgan fingerprint density at radius 3 is 2.67 bits per heavy atom. The van der Waals surface area contributed by atoms with Crippen LogP contribution in [-0.4, -0.2) is 42.2 Å². The van der Waals surface area contributed by atoms with Crippen LogP contribution in [0.25, 0.3) is 0 Å². The number of hydrogen-bond donors (Lipinski definition) is 1. The van der Waals surface area contributed by atoms with Crippen LogP contribution in [0.4, 0.5) is 0 Å². The van der Waals surface area contributed by atoms with Crippen LogP contribution in [0.3, 0.4) is 0 Å². The van der Waals surface area contributed by atoms with E-state index in [2.05, 4.69) is 19.1 Å². The van der Waals surface area contributed by atoms with Gasteiger partial charge in [-0.1, -0.05) is 12.1 Å². The number of hydrogen-bond acceptors (Lipinski definition) is 3. The summed E-state index contributed by atoms with van der Waals surface area (Å²) in [4.78, 5) is 12.8. The van der Waals surface area contributed by atoms with E-state index >= 15 is 0 Å². The number of methoxy groups -OCH3 is 1. The second kappa shape index (κ2) is 5.40. The highest BCUT2D eigenvalue weighted by Gasteiger charge is 2.30. The highest BCUT2D eigenvalue weighted by atomic mass is 16.5. The largest absolute Gasteiger partial charge is 0.497 e. The molecular formula is C14H19NO3. The van der Waals surface area contributed by atoms with Gasteiger partial charge in [0.15, 0.2) is 0 Å². The molecule has 4 nitrogen and oxygen atoms in total. The summed E-state index contributed by atoms with van der Waals surface area (Å²) >= 11 is 0. The van der Waals surface area contributed by atoms with Crippen molar-refractivity contribution < 1.29 is 14.6 Å². The molecule has 0 radical (unpaired) electrons. The molecule has 4 heteroatoms. The lowest BCUT2D eigenvalue weighted by molar-refractivity contribution is -0.138. The number of aliphatic carboxylic acids is 1. The van der Waals surface area contributed by atoms with Gasteiger partial charge in [-0.15, -0.1) is 0 Å². The maximum Gasteiger partial charge on any atom is 0.317 e. The second-order valence-corrected chi connectivity index (χ2v) is 4.88. The molecule has 1 heterocycles. The standard InChI is InChI=1S/C14H19NO3/c1-10-7-12(8-15(10)9-14(16)17)11-3-5-13(18-2)6-4-11/h3-6,10,12H,7-9H2,1-2H3,(H,16,17)/t10-,12-/m1/s1. The Balaban J connectivity index is 2.04. The number of nitrogens with zero attached hydrogens (tertiary/aromatic N) is 1. The van der Waals surface area contributed by atoms with E-state index in [-0.39, 0.29) is 6.54 Å². The number of ether oxygens (including phenoxy) is 1. The SMILES string of the molecule is COc1ccc([C@@H]2C[C@@H](C)N(CC(=O)O)C2)cc1. The van der Waals surface area contributed by atoms with Gasteiger partial charge in [0, 0.05) is 12.6 Å². The van der Waals surface area contributed by atoms with Crippen molar-refractivity contribution in [2.75, 3.05) is 20.2 Å². The quantitative estimate of drug-likeness (QED) is 0.886.